The minimum Gasteiger partial charge on any atom is -0.234 e. The minimum absolute atomic E-state index is 0.806. The fourth-order valence-electron chi connectivity index (χ4n) is 0.385. The van der Waals surface area contributed by atoms with Crippen molar-refractivity contribution in [2.45, 2.75) is 0 Å². The van der Waals surface area contributed by atoms with Gasteiger partial charge in [-0.2, -0.15) is 0 Å². The number of hydrogen-bond acceptors (Lipinski definition) is 2. The lowest BCUT2D eigenvalue weighted by molar-refractivity contribution is 1.13. The normalized spacial score (nSPS) is 8.50. The van der Waals surface area contributed by atoms with E-state index in [2.05, 4.69) is 22.9 Å². The highest BCUT2D eigenvalue weighted by Crippen LogP contribution is 1.88. The van der Waals surface area contributed by atoms with E-state index in [9.17, 15) is 0 Å². The highest BCUT2D eigenvalue weighted by molar-refractivity contribution is 5.39. The van der Waals surface area contributed by atoms with Crippen molar-refractivity contribution in [3.05, 3.63) is 30.9 Å². The van der Waals surface area contributed by atoms with Crippen LogP contribution in [0.5, 0.6) is 0 Å². The molecule has 0 aliphatic rings. The maximum atomic E-state index is 3.74. The Hall–Kier alpha value is -1.18. The zero-order valence-electron chi connectivity index (χ0n) is 4.33. The molecule has 39 valence electrons. The van der Waals surface area contributed by atoms with Gasteiger partial charge in [0, 0.05) is 6.20 Å². The molecule has 0 bridgehead atoms. The highest BCUT2D eigenvalue weighted by atomic mass is 14.8. The molecule has 2 heteroatoms. The second-order valence-electron chi connectivity index (χ2n) is 1.29. The van der Waals surface area contributed by atoms with Gasteiger partial charge in [0.05, 0.1) is 5.69 Å². The van der Waals surface area contributed by atoms with Crippen molar-refractivity contribution in [3.8, 4) is 0 Å². The third-order valence-electron chi connectivity index (χ3n) is 0.766. The van der Waals surface area contributed by atoms with Crippen LogP contribution in [0.25, 0.3) is 6.08 Å². The molecule has 0 atom stereocenters. The summed E-state index contributed by atoms with van der Waals surface area (Å²) in [6, 6.07) is 1.77. The van der Waals surface area contributed by atoms with E-state index in [1.165, 1.54) is 0 Å². The lowest BCUT2D eigenvalue weighted by Crippen LogP contribution is -1.78. The summed E-state index contributed by atoms with van der Waals surface area (Å²) in [5.74, 6) is 0. The molecular formula is C6H5N2. The van der Waals surface area contributed by atoms with E-state index in [-0.39, 0.29) is 0 Å². The van der Waals surface area contributed by atoms with Gasteiger partial charge in [-0.05, 0) is 12.1 Å². The monoisotopic (exact) mass is 105 g/mol. The first-order chi connectivity index (χ1) is 3.93. The van der Waals surface area contributed by atoms with Crippen molar-refractivity contribution in [1.82, 2.24) is 9.97 Å². The predicted octanol–water partition coefficient (Wildman–Crippen LogP) is 0.920. The quantitative estimate of drug-likeness (QED) is 0.530. The standard InChI is InChI=1S/C6H5N2/c1-2-6-3-4-7-5-8-6/h2-4H,1H2. The van der Waals surface area contributed by atoms with Crippen molar-refractivity contribution in [2.75, 3.05) is 0 Å². The van der Waals surface area contributed by atoms with Crippen molar-refractivity contribution >= 4 is 6.08 Å². The fourth-order valence-corrected chi connectivity index (χ4v) is 0.385. The second kappa shape index (κ2) is 2.21. The Labute approximate surface area is 47.9 Å². The summed E-state index contributed by atoms with van der Waals surface area (Å²) in [5.41, 5.74) is 0.806. The van der Waals surface area contributed by atoms with Gasteiger partial charge < -0.3 is 0 Å². The summed E-state index contributed by atoms with van der Waals surface area (Å²) in [6.07, 6.45) is 5.72. The summed E-state index contributed by atoms with van der Waals surface area (Å²) in [5, 5.41) is 0. The summed E-state index contributed by atoms with van der Waals surface area (Å²) >= 11 is 0. The average molecular weight is 105 g/mol. The summed E-state index contributed by atoms with van der Waals surface area (Å²) in [7, 11) is 0. The number of nitrogens with zero attached hydrogens (tertiary/aromatic N) is 2. The molecule has 0 N–H and O–H groups in total. The molecule has 1 radical (unpaired) electrons. The molecule has 0 saturated heterocycles. The zero-order valence-corrected chi connectivity index (χ0v) is 4.33. The molecule has 1 rings (SSSR count). The van der Waals surface area contributed by atoms with Crippen molar-refractivity contribution in [1.29, 1.82) is 0 Å². The second-order valence-corrected chi connectivity index (χ2v) is 1.29. The van der Waals surface area contributed by atoms with Crippen LogP contribution in [0.15, 0.2) is 18.8 Å². The molecular weight excluding hydrogens is 100 g/mol. The van der Waals surface area contributed by atoms with E-state index in [1.807, 2.05) is 0 Å². The van der Waals surface area contributed by atoms with Gasteiger partial charge in [0.25, 0.3) is 0 Å². The van der Waals surface area contributed by atoms with Gasteiger partial charge >= 0.3 is 0 Å². The van der Waals surface area contributed by atoms with Gasteiger partial charge in [0.15, 0.2) is 6.33 Å². The van der Waals surface area contributed by atoms with Gasteiger partial charge in [0.2, 0.25) is 0 Å². The lowest BCUT2D eigenvalue weighted by Gasteiger charge is -1.82. The maximum Gasteiger partial charge on any atom is 0.198 e. The first-order valence-corrected chi connectivity index (χ1v) is 2.25. The number of rotatable bonds is 1. The highest BCUT2D eigenvalue weighted by Gasteiger charge is 1.79. The largest absolute Gasteiger partial charge is 0.234 e. The third kappa shape index (κ3) is 0.904. The zero-order chi connectivity index (χ0) is 5.82. The van der Waals surface area contributed by atoms with E-state index in [1.54, 1.807) is 18.3 Å². The molecule has 0 fully saturated rings. The van der Waals surface area contributed by atoms with E-state index in [0.29, 0.717) is 0 Å². The Morgan fingerprint density at radius 2 is 2.62 bits per heavy atom. The molecule has 0 aliphatic heterocycles. The maximum absolute atomic E-state index is 3.74. The van der Waals surface area contributed by atoms with Crippen molar-refractivity contribution in [3.63, 3.8) is 0 Å². The van der Waals surface area contributed by atoms with Gasteiger partial charge in [-0.15, -0.1) is 0 Å². The smallest absolute Gasteiger partial charge is 0.198 e. The Morgan fingerprint density at radius 3 is 3.00 bits per heavy atom. The lowest BCUT2D eigenvalue weighted by atomic mass is 10.4. The summed E-state index contributed by atoms with van der Waals surface area (Å²) in [6.45, 7) is 3.52. The van der Waals surface area contributed by atoms with E-state index in [4.69, 9.17) is 0 Å². The van der Waals surface area contributed by atoms with Crippen LogP contribution in [0.1, 0.15) is 5.69 Å². The van der Waals surface area contributed by atoms with Crippen molar-refractivity contribution in [2.24, 2.45) is 0 Å². The molecule has 0 saturated carbocycles. The van der Waals surface area contributed by atoms with Crippen LogP contribution in [0, 0.1) is 6.33 Å². The first-order valence-electron chi connectivity index (χ1n) is 2.25. The van der Waals surface area contributed by atoms with Gasteiger partial charge in [-0.3, -0.25) is 0 Å². The van der Waals surface area contributed by atoms with Crippen molar-refractivity contribution < 1.29 is 0 Å². The molecule has 0 aromatic carbocycles. The minimum atomic E-state index is 0.806. The van der Waals surface area contributed by atoms with Gasteiger partial charge in [-0.25, -0.2) is 9.97 Å². The average Bonchev–Trinajstić information content (AvgIpc) is 1.90. The Balaban J connectivity index is 2.99. The van der Waals surface area contributed by atoms with Crippen LogP contribution in [0.2, 0.25) is 0 Å². The van der Waals surface area contributed by atoms with E-state index in [0.717, 1.165) is 5.69 Å². The molecule has 1 heterocycles. The molecule has 0 spiro atoms. The van der Waals surface area contributed by atoms with Crippen LogP contribution < -0.4 is 0 Å². The van der Waals surface area contributed by atoms with Crippen LogP contribution >= 0.6 is 0 Å². The summed E-state index contributed by atoms with van der Waals surface area (Å²) < 4.78 is 0. The Kier molecular flexibility index (Phi) is 1.37. The number of aromatic nitrogens is 2. The van der Waals surface area contributed by atoms with Crippen LogP contribution in [-0.4, -0.2) is 9.97 Å². The Morgan fingerprint density at radius 1 is 1.75 bits per heavy atom. The summed E-state index contributed by atoms with van der Waals surface area (Å²) in [4.78, 5) is 7.35. The van der Waals surface area contributed by atoms with Gasteiger partial charge in [0.1, 0.15) is 0 Å². The van der Waals surface area contributed by atoms with E-state index < -0.39 is 0 Å². The fraction of sp³-hybridized carbons (Fsp3) is 0. The van der Waals surface area contributed by atoms with Gasteiger partial charge in [-0.1, -0.05) is 6.58 Å². The predicted molar refractivity (Wildman–Crippen MR) is 31.0 cm³/mol. The molecule has 0 amide bonds. The first kappa shape index (κ1) is 4.97. The van der Waals surface area contributed by atoms with Crippen LogP contribution in [0.3, 0.4) is 0 Å². The molecule has 1 aromatic rings. The molecule has 0 aliphatic carbocycles. The molecule has 2 nitrogen and oxygen atoms in total. The van der Waals surface area contributed by atoms with Crippen LogP contribution in [-0.2, 0) is 0 Å². The topological polar surface area (TPSA) is 25.8 Å². The molecule has 1 aromatic heterocycles. The molecule has 0 unspecified atom stereocenters. The van der Waals surface area contributed by atoms with Crippen LogP contribution in [0.4, 0.5) is 0 Å². The number of hydrogen-bond donors (Lipinski definition) is 0. The Bertz CT molecular complexity index is 169. The van der Waals surface area contributed by atoms with E-state index >= 15 is 0 Å². The molecule has 8 heavy (non-hydrogen) atoms. The third-order valence-corrected chi connectivity index (χ3v) is 0.766. The SMILES string of the molecule is C=Cc1ccn[c]n1.